The van der Waals surface area contributed by atoms with Gasteiger partial charge in [-0.15, -0.1) is 0 Å². The maximum atomic E-state index is 12.8. The van der Waals surface area contributed by atoms with Crippen molar-refractivity contribution in [1.82, 2.24) is 0 Å². The summed E-state index contributed by atoms with van der Waals surface area (Å²) in [6.07, 6.45) is -7.02. The Labute approximate surface area is 169 Å². The molecule has 0 amide bonds. The van der Waals surface area contributed by atoms with Crippen LogP contribution in [0.2, 0.25) is 0 Å². The Kier molecular flexibility index (Phi) is 6.18. The first-order valence-electron chi connectivity index (χ1n) is 9.80. The van der Waals surface area contributed by atoms with E-state index in [2.05, 4.69) is 0 Å². The molecule has 0 spiro atoms. The van der Waals surface area contributed by atoms with Gasteiger partial charge in [-0.2, -0.15) is 0 Å². The Morgan fingerprint density at radius 1 is 1.10 bits per heavy atom. The molecule has 1 fully saturated rings. The van der Waals surface area contributed by atoms with Gasteiger partial charge in [-0.1, -0.05) is 6.07 Å². The standard InChI is InChI=1S/C21H30O8/c1-9-7-12-14(19(27)21(3,4)18(12)26)10(2)11(9)5-6-28-20-17(25)16(24)15(23)13(8-22)29-20/h7,13,15-18,20,22-26H,5-6,8H2,1-4H3/t13-,15-,16+,17+,18+,20-/m1/s1. The summed E-state index contributed by atoms with van der Waals surface area (Å²) in [6.45, 7) is 6.82. The number of hydrogen-bond donors (Lipinski definition) is 5. The fraction of sp³-hybridized carbons (Fsp3) is 0.667. The minimum absolute atomic E-state index is 0.0893. The number of hydrogen-bond acceptors (Lipinski definition) is 8. The van der Waals surface area contributed by atoms with Crippen molar-refractivity contribution < 1.29 is 39.8 Å². The van der Waals surface area contributed by atoms with Gasteiger partial charge in [-0.05, 0) is 56.4 Å². The number of carbonyl (C=O) groups is 1. The number of rotatable bonds is 5. The number of benzene rings is 1. The van der Waals surface area contributed by atoms with Gasteiger partial charge in [0.2, 0.25) is 0 Å². The lowest BCUT2D eigenvalue weighted by atomic mass is 9.86. The summed E-state index contributed by atoms with van der Waals surface area (Å²) in [7, 11) is 0. The highest BCUT2D eigenvalue weighted by Crippen LogP contribution is 2.47. The molecule has 1 aromatic carbocycles. The van der Waals surface area contributed by atoms with Crippen molar-refractivity contribution in [1.29, 1.82) is 0 Å². The van der Waals surface area contributed by atoms with Crippen molar-refractivity contribution in [2.45, 2.75) is 70.9 Å². The average molecular weight is 410 g/mol. The highest BCUT2D eigenvalue weighted by atomic mass is 16.7. The molecule has 6 atom stereocenters. The molecule has 0 radical (unpaired) electrons. The van der Waals surface area contributed by atoms with Gasteiger partial charge in [0.1, 0.15) is 24.4 Å². The molecule has 1 aliphatic carbocycles. The van der Waals surface area contributed by atoms with Crippen LogP contribution in [0, 0.1) is 19.3 Å². The maximum Gasteiger partial charge on any atom is 0.186 e. The Morgan fingerprint density at radius 2 is 1.76 bits per heavy atom. The lowest BCUT2D eigenvalue weighted by Crippen LogP contribution is -2.59. The minimum Gasteiger partial charge on any atom is -0.394 e. The highest BCUT2D eigenvalue weighted by molar-refractivity contribution is 6.06. The van der Waals surface area contributed by atoms with Crippen molar-refractivity contribution in [3.63, 3.8) is 0 Å². The lowest BCUT2D eigenvalue weighted by Gasteiger charge is -2.39. The topological polar surface area (TPSA) is 137 Å². The molecule has 1 aromatic rings. The summed E-state index contributed by atoms with van der Waals surface area (Å²) >= 11 is 0. The van der Waals surface area contributed by atoms with Crippen molar-refractivity contribution in [3.8, 4) is 0 Å². The fourth-order valence-electron chi connectivity index (χ4n) is 4.27. The zero-order valence-corrected chi connectivity index (χ0v) is 17.1. The quantitative estimate of drug-likeness (QED) is 0.455. The van der Waals surface area contributed by atoms with Gasteiger partial charge in [0.25, 0.3) is 0 Å². The van der Waals surface area contributed by atoms with Crippen LogP contribution in [0.1, 0.15) is 52.6 Å². The Hall–Kier alpha value is -1.39. The van der Waals surface area contributed by atoms with Crippen LogP contribution in [0.15, 0.2) is 6.07 Å². The number of fused-ring (bicyclic) bond motifs is 1. The van der Waals surface area contributed by atoms with E-state index in [-0.39, 0.29) is 12.4 Å². The number of aryl methyl sites for hydroxylation is 1. The molecule has 1 aliphatic heterocycles. The predicted molar refractivity (Wildman–Crippen MR) is 102 cm³/mol. The van der Waals surface area contributed by atoms with Crippen molar-refractivity contribution in [3.05, 3.63) is 33.9 Å². The molecule has 3 rings (SSSR count). The van der Waals surface area contributed by atoms with Crippen LogP contribution in [0.3, 0.4) is 0 Å². The van der Waals surface area contributed by atoms with E-state index in [0.717, 1.165) is 16.7 Å². The smallest absolute Gasteiger partial charge is 0.186 e. The van der Waals surface area contributed by atoms with Gasteiger partial charge in [-0.25, -0.2) is 0 Å². The number of aliphatic hydroxyl groups is 5. The molecule has 0 saturated carbocycles. The number of aliphatic hydroxyl groups excluding tert-OH is 5. The first-order chi connectivity index (χ1) is 13.5. The lowest BCUT2D eigenvalue weighted by molar-refractivity contribution is -0.300. The summed E-state index contributed by atoms with van der Waals surface area (Å²) in [4.78, 5) is 12.8. The fourth-order valence-corrected chi connectivity index (χ4v) is 4.27. The Bertz CT molecular complexity index is 787. The van der Waals surface area contributed by atoms with Crippen LogP contribution in [0.5, 0.6) is 0 Å². The highest BCUT2D eigenvalue weighted by Gasteiger charge is 2.47. The normalized spacial score (nSPS) is 33.8. The van der Waals surface area contributed by atoms with E-state index in [1.54, 1.807) is 13.8 Å². The third-order valence-electron chi connectivity index (χ3n) is 6.24. The molecule has 8 heteroatoms. The van der Waals surface area contributed by atoms with E-state index >= 15 is 0 Å². The molecule has 2 aliphatic rings. The second-order valence-electron chi connectivity index (χ2n) is 8.53. The molecule has 0 aromatic heterocycles. The predicted octanol–water partition coefficient (Wildman–Crippen LogP) is -0.0817. The number of ether oxygens (including phenoxy) is 2. The zero-order valence-electron chi connectivity index (χ0n) is 17.1. The molecule has 0 unspecified atom stereocenters. The Balaban J connectivity index is 1.74. The molecule has 162 valence electrons. The van der Waals surface area contributed by atoms with Gasteiger partial charge in [0, 0.05) is 5.56 Å². The monoisotopic (exact) mass is 410 g/mol. The zero-order chi connectivity index (χ0) is 21.7. The first kappa shape index (κ1) is 22.3. The number of carbonyl (C=O) groups excluding carboxylic acids is 1. The number of Topliss-reactive ketones (excluding diaryl/α,β-unsaturated/α-hetero) is 1. The maximum absolute atomic E-state index is 12.8. The van der Waals surface area contributed by atoms with E-state index < -0.39 is 48.8 Å². The molecular weight excluding hydrogens is 380 g/mol. The van der Waals surface area contributed by atoms with Crippen LogP contribution in [-0.4, -0.2) is 75.2 Å². The van der Waals surface area contributed by atoms with Crippen molar-refractivity contribution in [2.24, 2.45) is 5.41 Å². The SMILES string of the molecule is Cc1cc2c(c(C)c1CCO[C@@H]1O[C@H](CO)[C@@H](O)[C@H](O)[C@@H]1O)C(=O)C(C)(C)[C@H]2O. The van der Waals surface area contributed by atoms with E-state index in [1.165, 1.54) is 0 Å². The first-order valence-corrected chi connectivity index (χ1v) is 9.80. The summed E-state index contributed by atoms with van der Waals surface area (Å²) in [6, 6.07) is 1.84. The van der Waals surface area contributed by atoms with Gasteiger partial charge < -0.3 is 35.0 Å². The molecular formula is C21H30O8. The van der Waals surface area contributed by atoms with E-state index in [1.807, 2.05) is 19.9 Å². The van der Waals surface area contributed by atoms with Crippen LogP contribution in [-0.2, 0) is 15.9 Å². The second-order valence-corrected chi connectivity index (χ2v) is 8.53. The third-order valence-corrected chi connectivity index (χ3v) is 6.24. The molecule has 5 N–H and O–H groups in total. The van der Waals surface area contributed by atoms with Crippen molar-refractivity contribution in [2.75, 3.05) is 13.2 Å². The van der Waals surface area contributed by atoms with Crippen LogP contribution in [0.25, 0.3) is 0 Å². The summed E-state index contributed by atoms with van der Waals surface area (Å²) in [5.41, 5.74) is 2.96. The summed E-state index contributed by atoms with van der Waals surface area (Å²) in [5, 5.41) is 49.5. The summed E-state index contributed by atoms with van der Waals surface area (Å²) in [5.74, 6) is -0.0893. The third kappa shape index (κ3) is 3.63. The average Bonchev–Trinajstić information content (AvgIpc) is 2.84. The largest absolute Gasteiger partial charge is 0.394 e. The number of ketones is 1. The molecule has 0 bridgehead atoms. The molecule has 29 heavy (non-hydrogen) atoms. The molecule has 1 saturated heterocycles. The van der Waals surface area contributed by atoms with E-state index in [0.29, 0.717) is 17.5 Å². The second kappa shape index (κ2) is 8.03. The van der Waals surface area contributed by atoms with Crippen molar-refractivity contribution >= 4 is 5.78 Å². The van der Waals surface area contributed by atoms with Gasteiger partial charge in [0.05, 0.1) is 24.7 Å². The van der Waals surface area contributed by atoms with Crippen LogP contribution < -0.4 is 0 Å². The summed E-state index contributed by atoms with van der Waals surface area (Å²) < 4.78 is 10.9. The van der Waals surface area contributed by atoms with E-state index in [9.17, 15) is 30.3 Å². The van der Waals surface area contributed by atoms with Gasteiger partial charge in [0.15, 0.2) is 12.1 Å². The Morgan fingerprint density at radius 3 is 2.38 bits per heavy atom. The van der Waals surface area contributed by atoms with E-state index in [4.69, 9.17) is 9.47 Å². The van der Waals surface area contributed by atoms with Gasteiger partial charge >= 0.3 is 0 Å². The van der Waals surface area contributed by atoms with Crippen LogP contribution in [0.4, 0.5) is 0 Å². The van der Waals surface area contributed by atoms with Gasteiger partial charge in [-0.3, -0.25) is 4.79 Å². The molecule has 8 nitrogen and oxygen atoms in total. The molecule has 1 heterocycles. The van der Waals surface area contributed by atoms with Crippen LogP contribution >= 0.6 is 0 Å². The minimum atomic E-state index is -1.49.